The van der Waals surface area contributed by atoms with Crippen LogP contribution in [-0.2, 0) is 13.0 Å². The first kappa shape index (κ1) is 16.8. The Morgan fingerprint density at radius 2 is 2.12 bits per heavy atom. The molecule has 0 spiro atoms. The molecular formula is C19H27N5. The maximum Gasteiger partial charge on any atom is 0.130 e. The number of hydrogen-bond acceptors (Lipinski definition) is 5. The maximum absolute atomic E-state index is 4.55. The third kappa shape index (κ3) is 4.29. The summed E-state index contributed by atoms with van der Waals surface area (Å²) in [6.45, 7) is 9.51. The number of nitrogens with zero attached hydrogens (tertiary/aromatic N) is 4. The second-order valence-electron chi connectivity index (χ2n) is 6.72. The van der Waals surface area contributed by atoms with Crippen molar-refractivity contribution < 1.29 is 0 Å². The molecule has 1 aliphatic heterocycles. The first-order valence-corrected chi connectivity index (χ1v) is 8.87. The smallest absolute Gasteiger partial charge is 0.130 e. The molecule has 0 aromatic carbocycles. The average molecular weight is 325 g/mol. The number of likely N-dealkylation sites (tertiary alicyclic amines) is 1. The molecule has 0 bridgehead atoms. The molecule has 5 nitrogen and oxygen atoms in total. The fourth-order valence-electron chi connectivity index (χ4n) is 3.39. The van der Waals surface area contributed by atoms with E-state index in [0.717, 1.165) is 55.5 Å². The largest absolute Gasteiger partial charge is 0.367 e. The lowest BCUT2D eigenvalue weighted by Gasteiger charge is -2.37. The molecule has 1 N–H and O–H groups in total. The first-order valence-electron chi connectivity index (χ1n) is 8.87. The van der Waals surface area contributed by atoms with Gasteiger partial charge in [-0.2, -0.15) is 0 Å². The lowest BCUT2D eigenvalue weighted by Crippen LogP contribution is -2.45. The second-order valence-corrected chi connectivity index (χ2v) is 6.72. The van der Waals surface area contributed by atoms with E-state index in [-0.39, 0.29) is 0 Å². The Morgan fingerprint density at radius 1 is 1.25 bits per heavy atom. The van der Waals surface area contributed by atoms with Gasteiger partial charge in [0, 0.05) is 43.6 Å². The number of pyridine rings is 1. The molecule has 2 unspecified atom stereocenters. The summed E-state index contributed by atoms with van der Waals surface area (Å²) >= 11 is 0. The molecule has 0 radical (unpaired) electrons. The first-order chi connectivity index (χ1) is 11.6. The van der Waals surface area contributed by atoms with E-state index in [4.69, 9.17) is 0 Å². The third-order valence-corrected chi connectivity index (χ3v) is 4.69. The quantitative estimate of drug-likeness (QED) is 0.915. The van der Waals surface area contributed by atoms with E-state index in [1.54, 1.807) is 0 Å². The molecule has 2 aromatic rings. The summed E-state index contributed by atoms with van der Waals surface area (Å²) < 4.78 is 0. The van der Waals surface area contributed by atoms with Gasteiger partial charge in [0.15, 0.2) is 0 Å². The molecule has 0 aliphatic carbocycles. The van der Waals surface area contributed by atoms with Crippen LogP contribution in [0.3, 0.4) is 0 Å². The maximum atomic E-state index is 4.55. The fraction of sp³-hybridized carbons (Fsp3) is 0.526. The van der Waals surface area contributed by atoms with E-state index in [9.17, 15) is 0 Å². The minimum Gasteiger partial charge on any atom is -0.367 e. The van der Waals surface area contributed by atoms with Crippen molar-refractivity contribution in [1.29, 1.82) is 0 Å². The number of aryl methyl sites for hydroxylation is 2. The molecule has 3 rings (SSSR count). The summed E-state index contributed by atoms with van der Waals surface area (Å²) in [5, 5.41) is 3.64. The van der Waals surface area contributed by atoms with Crippen LogP contribution in [0.25, 0.3) is 0 Å². The lowest BCUT2D eigenvalue weighted by atomic mass is 9.93. The monoisotopic (exact) mass is 325 g/mol. The molecule has 1 fully saturated rings. The highest BCUT2D eigenvalue weighted by Gasteiger charge is 2.26. The van der Waals surface area contributed by atoms with Gasteiger partial charge in [0.05, 0.1) is 5.69 Å². The van der Waals surface area contributed by atoms with Gasteiger partial charge >= 0.3 is 0 Å². The standard InChI is InChI=1S/C19H27N5/c1-4-16-11-19(22-15(3)21-16)23-18-8-10-24(12-14(18)2)13-17-7-5-6-9-20-17/h5-7,9,11,14,18H,4,8,10,12-13H2,1-3H3,(H,21,22,23). The predicted octanol–water partition coefficient (Wildman–Crippen LogP) is 3.06. The SMILES string of the molecule is CCc1cc(NC2CCN(Cc3ccccn3)CC2C)nc(C)n1. The Morgan fingerprint density at radius 3 is 2.83 bits per heavy atom. The van der Waals surface area contributed by atoms with Crippen LogP contribution in [0.2, 0.25) is 0 Å². The van der Waals surface area contributed by atoms with Crippen molar-refractivity contribution in [1.82, 2.24) is 19.9 Å². The summed E-state index contributed by atoms with van der Waals surface area (Å²) in [6, 6.07) is 8.67. The minimum atomic E-state index is 0.462. The zero-order chi connectivity index (χ0) is 16.9. The third-order valence-electron chi connectivity index (χ3n) is 4.69. The summed E-state index contributed by atoms with van der Waals surface area (Å²) in [5.74, 6) is 2.38. The summed E-state index contributed by atoms with van der Waals surface area (Å²) in [7, 11) is 0. The van der Waals surface area contributed by atoms with Crippen molar-refractivity contribution in [3.05, 3.63) is 47.7 Å². The van der Waals surface area contributed by atoms with Crippen LogP contribution in [0, 0.1) is 12.8 Å². The highest BCUT2D eigenvalue weighted by molar-refractivity contribution is 5.37. The molecule has 128 valence electrons. The predicted molar refractivity (Wildman–Crippen MR) is 96.9 cm³/mol. The average Bonchev–Trinajstić information content (AvgIpc) is 2.58. The number of hydrogen-bond donors (Lipinski definition) is 1. The van der Waals surface area contributed by atoms with Crippen LogP contribution in [-0.4, -0.2) is 39.0 Å². The van der Waals surface area contributed by atoms with Crippen molar-refractivity contribution >= 4 is 5.82 Å². The highest BCUT2D eigenvalue weighted by atomic mass is 15.2. The van der Waals surface area contributed by atoms with E-state index < -0.39 is 0 Å². The van der Waals surface area contributed by atoms with E-state index >= 15 is 0 Å². The molecule has 0 saturated carbocycles. The Kier molecular flexibility index (Phi) is 5.41. The molecule has 2 atom stereocenters. The Bertz CT molecular complexity index is 658. The second kappa shape index (κ2) is 7.71. The van der Waals surface area contributed by atoms with Crippen molar-refractivity contribution in [2.24, 2.45) is 5.92 Å². The summed E-state index contributed by atoms with van der Waals surface area (Å²) in [5.41, 5.74) is 2.25. The van der Waals surface area contributed by atoms with E-state index in [2.05, 4.69) is 57.2 Å². The van der Waals surface area contributed by atoms with Crippen LogP contribution < -0.4 is 5.32 Å². The van der Waals surface area contributed by atoms with Gasteiger partial charge in [-0.25, -0.2) is 9.97 Å². The molecule has 24 heavy (non-hydrogen) atoms. The lowest BCUT2D eigenvalue weighted by molar-refractivity contribution is 0.163. The van der Waals surface area contributed by atoms with Gasteiger partial charge in [0.25, 0.3) is 0 Å². The van der Waals surface area contributed by atoms with Crippen LogP contribution in [0.15, 0.2) is 30.5 Å². The number of anilines is 1. The van der Waals surface area contributed by atoms with Gasteiger partial charge in [-0.05, 0) is 37.8 Å². The summed E-state index contributed by atoms with van der Waals surface area (Å²) in [4.78, 5) is 15.9. The minimum absolute atomic E-state index is 0.462. The number of rotatable bonds is 5. The highest BCUT2D eigenvalue weighted by Crippen LogP contribution is 2.22. The van der Waals surface area contributed by atoms with Crippen molar-refractivity contribution in [3.8, 4) is 0 Å². The van der Waals surface area contributed by atoms with Gasteiger partial charge in [-0.1, -0.05) is 19.9 Å². The van der Waals surface area contributed by atoms with Crippen molar-refractivity contribution in [3.63, 3.8) is 0 Å². The Hall–Kier alpha value is -2.01. The Labute approximate surface area is 144 Å². The number of piperidine rings is 1. The van der Waals surface area contributed by atoms with E-state index in [0.29, 0.717) is 12.0 Å². The van der Waals surface area contributed by atoms with Gasteiger partial charge < -0.3 is 5.32 Å². The normalized spacial score (nSPS) is 21.6. The molecule has 1 aliphatic rings. The molecule has 5 heteroatoms. The topological polar surface area (TPSA) is 53.9 Å². The summed E-state index contributed by atoms with van der Waals surface area (Å²) in [6.07, 6.45) is 3.93. The molecule has 0 amide bonds. The van der Waals surface area contributed by atoms with Gasteiger partial charge in [0.1, 0.15) is 11.6 Å². The van der Waals surface area contributed by atoms with Crippen LogP contribution in [0.1, 0.15) is 37.5 Å². The van der Waals surface area contributed by atoms with Crippen LogP contribution in [0.4, 0.5) is 5.82 Å². The molecule has 3 heterocycles. The number of nitrogens with one attached hydrogen (secondary N) is 1. The van der Waals surface area contributed by atoms with Crippen LogP contribution in [0.5, 0.6) is 0 Å². The van der Waals surface area contributed by atoms with Gasteiger partial charge in [-0.15, -0.1) is 0 Å². The number of aromatic nitrogens is 3. The van der Waals surface area contributed by atoms with E-state index in [1.165, 1.54) is 0 Å². The zero-order valence-electron chi connectivity index (χ0n) is 14.9. The molecular weight excluding hydrogens is 298 g/mol. The molecule has 1 saturated heterocycles. The zero-order valence-corrected chi connectivity index (χ0v) is 14.9. The van der Waals surface area contributed by atoms with Crippen LogP contribution >= 0.6 is 0 Å². The Balaban J connectivity index is 1.59. The van der Waals surface area contributed by atoms with Crippen molar-refractivity contribution in [2.45, 2.75) is 46.2 Å². The van der Waals surface area contributed by atoms with Crippen molar-refractivity contribution in [2.75, 3.05) is 18.4 Å². The van der Waals surface area contributed by atoms with E-state index in [1.807, 2.05) is 19.2 Å². The molecule has 2 aromatic heterocycles. The fourth-order valence-corrected chi connectivity index (χ4v) is 3.39. The van der Waals surface area contributed by atoms with Gasteiger partial charge in [0.2, 0.25) is 0 Å². The van der Waals surface area contributed by atoms with Gasteiger partial charge in [-0.3, -0.25) is 9.88 Å².